The number of carbonyl (C=O) groups excluding carboxylic acids is 1. The molecular weight excluding hydrogens is 190 g/mol. The highest BCUT2D eigenvalue weighted by atomic mass is 16.1. The maximum absolute atomic E-state index is 10.3. The summed E-state index contributed by atoms with van der Waals surface area (Å²) in [5.41, 5.74) is 2.41. The van der Waals surface area contributed by atoms with Gasteiger partial charge < -0.3 is 4.79 Å². The average molecular weight is 203 g/mol. The number of rotatable bonds is 5. The second-order valence-corrected chi connectivity index (χ2v) is 2.89. The number of aldehydes is 1. The fourth-order valence-corrected chi connectivity index (χ4v) is 1.16. The first-order valence-electron chi connectivity index (χ1n) is 4.55. The standard InChI is InChI=1S/C11H13N3O/c1-3-4-9(8-12-2)11-7-10(5-6-15)13-14-11/h3-4,6-8H,1,5H2,2H3,(H,13,14)/b9-4+,12-8?. The normalized spacial score (nSPS) is 11.9. The lowest BCUT2D eigenvalue weighted by molar-refractivity contribution is -0.107. The minimum Gasteiger partial charge on any atom is -0.303 e. The van der Waals surface area contributed by atoms with E-state index in [0.717, 1.165) is 23.2 Å². The van der Waals surface area contributed by atoms with E-state index in [9.17, 15) is 4.79 Å². The van der Waals surface area contributed by atoms with E-state index in [1.54, 1.807) is 19.3 Å². The highest BCUT2D eigenvalue weighted by Gasteiger charge is 2.03. The fourth-order valence-electron chi connectivity index (χ4n) is 1.16. The summed E-state index contributed by atoms with van der Waals surface area (Å²) in [5, 5.41) is 6.87. The van der Waals surface area contributed by atoms with Crippen molar-refractivity contribution in [3.63, 3.8) is 0 Å². The monoisotopic (exact) mass is 203 g/mol. The minimum absolute atomic E-state index is 0.345. The molecule has 1 N–H and O–H groups in total. The molecule has 0 radical (unpaired) electrons. The first-order valence-corrected chi connectivity index (χ1v) is 4.55. The maximum atomic E-state index is 10.3. The Balaban J connectivity index is 2.96. The van der Waals surface area contributed by atoms with Gasteiger partial charge in [-0.15, -0.1) is 0 Å². The topological polar surface area (TPSA) is 58.1 Å². The molecule has 4 nitrogen and oxygen atoms in total. The van der Waals surface area contributed by atoms with Crippen molar-refractivity contribution < 1.29 is 4.79 Å². The fraction of sp³-hybridized carbons (Fsp3) is 0.182. The van der Waals surface area contributed by atoms with Crippen molar-refractivity contribution in [3.05, 3.63) is 36.2 Å². The van der Waals surface area contributed by atoms with Gasteiger partial charge in [-0.3, -0.25) is 10.1 Å². The van der Waals surface area contributed by atoms with Crippen molar-refractivity contribution in [2.45, 2.75) is 6.42 Å². The Labute approximate surface area is 88.4 Å². The molecule has 0 aliphatic heterocycles. The van der Waals surface area contributed by atoms with Crippen LogP contribution in [-0.4, -0.2) is 29.7 Å². The molecule has 0 spiro atoms. The Morgan fingerprint density at radius 2 is 2.53 bits per heavy atom. The molecule has 4 heteroatoms. The zero-order valence-corrected chi connectivity index (χ0v) is 8.60. The summed E-state index contributed by atoms with van der Waals surface area (Å²) in [5.74, 6) is 0. The van der Waals surface area contributed by atoms with E-state index >= 15 is 0 Å². The zero-order valence-electron chi connectivity index (χ0n) is 8.60. The van der Waals surface area contributed by atoms with Crippen LogP contribution in [0.4, 0.5) is 0 Å². The van der Waals surface area contributed by atoms with Gasteiger partial charge in [0.15, 0.2) is 0 Å². The molecule has 0 saturated heterocycles. The average Bonchev–Trinajstić information content (AvgIpc) is 2.67. The number of hydrogen-bond donors (Lipinski definition) is 1. The maximum Gasteiger partial charge on any atom is 0.125 e. The van der Waals surface area contributed by atoms with Crippen LogP contribution in [0.3, 0.4) is 0 Å². The first kappa shape index (κ1) is 11.1. The van der Waals surface area contributed by atoms with Crippen LogP contribution in [0.25, 0.3) is 5.57 Å². The highest BCUT2D eigenvalue weighted by Crippen LogP contribution is 2.11. The van der Waals surface area contributed by atoms with E-state index < -0.39 is 0 Å². The molecule has 0 bridgehead atoms. The van der Waals surface area contributed by atoms with Crippen LogP contribution >= 0.6 is 0 Å². The van der Waals surface area contributed by atoms with Gasteiger partial charge in [0.1, 0.15) is 6.29 Å². The molecule has 0 aliphatic rings. The summed E-state index contributed by atoms with van der Waals surface area (Å²) < 4.78 is 0. The van der Waals surface area contributed by atoms with Crippen molar-refractivity contribution in [1.29, 1.82) is 0 Å². The van der Waals surface area contributed by atoms with Crippen molar-refractivity contribution in [2.75, 3.05) is 7.05 Å². The number of nitrogens with one attached hydrogen (secondary N) is 1. The van der Waals surface area contributed by atoms with E-state index in [1.807, 2.05) is 12.1 Å². The Hall–Kier alpha value is -1.97. The first-order chi connectivity index (χ1) is 7.31. The van der Waals surface area contributed by atoms with Gasteiger partial charge >= 0.3 is 0 Å². The number of allylic oxidation sites excluding steroid dienone is 3. The van der Waals surface area contributed by atoms with Crippen LogP contribution < -0.4 is 0 Å². The molecule has 1 heterocycles. The van der Waals surface area contributed by atoms with Crippen LogP contribution in [0.1, 0.15) is 11.4 Å². The van der Waals surface area contributed by atoms with E-state index in [2.05, 4.69) is 21.8 Å². The predicted molar refractivity (Wildman–Crippen MR) is 60.9 cm³/mol. The Kier molecular flexibility index (Phi) is 4.22. The van der Waals surface area contributed by atoms with E-state index in [1.165, 1.54) is 0 Å². The molecule has 15 heavy (non-hydrogen) atoms. The highest BCUT2D eigenvalue weighted by molar-refractivity contribution is 6.09. The molecular formula is C11H13N3O. The third-order valence-corrected chi connectivity index (χ3v) is 1.80. The Morgan fingerprint density at radius 1 is 1.73 bits per heavy atom. The van der Waals surface area contributed by atoms with Crippen LogP contribution in [0.2, 0.25) is 0 Å². The Morgan fingerprint density at radius 3 is 3.13 bits per heavy atom. The number of carbonyl (C=O) groups is 1. The second-order valence-electron chi connectivity index (χ2n) is 2.89. The summed E-state index contributed by atoms with van der Waals surface area (Å²) in [6.45, 7) is 3.62. The van der Waals surface area contributed by atoms with Gasteiger partial charge in [-0.05, 0) is 6.07 Å². The van der Waals surface area contributed by atoms with Crippen LogP contribution in [0.15, 0.2) is 29.8 Å². The quantitative estimate of drug-likeness (QED) is 0.447. The van der Waals surface area contributed by atoms with Gasteiger partial charge in [0.05, 0.1) is 5.69 Å². The Bertz CT molecular complexity index is 402. The van der Waals surface area contributed by atoms with Crippen molar-refractivity contribution in [3.8, 4) is 0 Å². The smallest absolute Gasteiger partial charge is 0.125 e. The second kappa shape index (κ2) is 5.70. The van der Waals surface area contributed by atoms with E-state index in [-0.39, 0.29) is 0 Å². The summed E-state index contributed by atoms with van der Waals surface area (Å²) in [6.07, 6.45) is 6.36. The molecule has 0 atom stereocenters. The molecule has 0 fully saturated rings. The molecule has 1 aromatic heterocycles. The molecule has 0 amide bonds. The number of aromatic nitrogens is 2. The van der Waals surface area contributed by atoms with Gasteiger partial charge in [0, 0.05) is 31.0 Å². The minimum atomic E-state index is 0.345. The van der Waals surface area contributed by atoms with Crippen molar-refractivity contribution >= 4 is 18.1 Å². The summed E-state index contributed by atoms with van der Waals surface area (Å²) in [4.78, 5) is 14.2. The van der Waals surface area contributed by atoms with Crippen LogP contribution in [0, 0.1) is 0 Å². The SMILES string of the molecule is C=C/C=C(\C=NC)c1cc(CC=O)[nH]n1. The molecule has 0 saturated carbocycles. The molecule has 0 aromatic carbocycles. The van der Waals surface area contributed by atoms with Gasteiger partial charge in [-0.2, -0.15) is 5.10 Å². The lowest BCUT2D eigenvalue weighted by Crippen LogP contribution is -1.85. The number of aromatic amines is 1. The number of H-pyrrole nitrogens is 1. The van der Waals surface area contributed by atoms with Gasteiger partial charge in [0.2, 0.25) is 0 Å². The third kappa shape index (κ3) is 3.02. The number of hydrogen-bond acceptors (Lipinski definition) is 3. The van der Waals surface area contributed by atoms with E-state index in [0.29, 0.717) is 6.42 Å². The summed E-state index contributed by atoms with van der Waals surface area (Å²) in [6, 6.07) is 1.82. The largest absolute Gasteiger partial charge is 0.303 e. The van der Waals surface area contributed by atoms with Gasteiger partial charge in [-0.25, -0.2) is 0 Å². The van der Waals surface area contributed by atoms with Crippen LogP contribution in [0.5, 0.6) is 0 Å². The molecule has 1 rings (SSSR count). The molecule has 0 aliphatic carbocycles. The number of nitrogens with zero attached hydrogens (tertiary/aromatic N) is 2. The van der Waals surface area contributed by atoms with Gasteiger partial charge in [0.25, 0.3) is 0 Å². The summed E-state index contributed by atoms with van der Waals surface area (Å²) in [7, 11) is 1.69. The van der Waals surface area contributed by atoms with E-state index in [4.69, 9.17) is 0 Å². The lowest BCUT2D eigenvalue weighted by Gasteiger charge is -1.92. The van der Waals surface area contributed by atoms with Crippen molar-refractivity contribution in [1.82, 2.24) is 10.2 Å². The molecule has 0 unspecified atom stereocenters. The molecule has 1 aromatic rings. The molecule has 78 valence electrons. The third-order valence-electron chi connectivity index (χ3n) is 1.80. The summed E-state index contributed by atoms with van der Waals surface area (Å²) >= 11 is 0. The number of aliphatic imine (C=N–C) groups is 1. The van der Waals surface area contributed by atoms with Gasteiger partial charge in [-0.1, -0.05) is 18.7 Å². The lowest BCUT2D eigenvalue weighted by atomic mass is 10.1. The predicted octanol–water partition coefficient (Wildman–Crippen LogP) is 1.42. The zero-order chi connectivity index (χ0) is 11.1. The van der Waals surface area contributed by atoms with Crippen molar-refractivity contribution in [2.24, 2.45) is 4.99 Å². The van der Waals surface area contributed by atoms with Crippen LogP contribution in [-0.2, 0) is 11.2 Å².